The molecule has 0 saturated heterocycles. The Morgan fingerprint density at radius 2 is 1.67 bits per heavy atom. The first-order valence-corrected chi connectivity index (χ1v) is 9.75. The number of hydrogen-bond acceptors (Lipinski definition) is 4. The topological polar surface area (TPSA) is 80.6 Å². The second-order valence-electron chi connectivity index (χ2n) is 7.95. The highest BCUT2D eigenvalue weighted by molar-refractivity contribution is 5.96. The lowest BCUT2D eigenvalue weighted by Gasteiger charge is -2.19. The third-order valence-corrected chi connectivity index (χ3v) is 4.52. The van der Waals surface area contributed by atoms with E-state index in [1.807, 2.05) is 24.3 Å². The number of carbonyl (C=O) groups is 2. The molecule has 0 fully saturated rings. The van der Waals surface area contributed by atoms with E-state index in [1.54, 1.807) is 42.7 Å². The lowest BCUT2D eigenvalue weighted by Crippen LogP contribution is -2.23. The van der Waals surface area contributed by atoms with Gasteiger partial charge in [0, 0.05) is 11.3 Å². The Kier molecular flexibility index (Phi) is 6.57. The minimum Gasteiger partial charge on any atom is -0.484 e. The van der Waals surface area contributed by atoms with E-state index in [1.165, 1.54) is 5.56 Å². The Bertz CT molecular complexity index is 970. The van der Waals surface area contributed by atoms with Crippen LogP contribution in [0.1, 0.15) is 42.5 Å². The molecule has 2 amide bonds. The molecule has 0 aliphatic heterocycles. The van der Waals surface area contributed by atoms with Gasteiger partial charge in [-0.15, -0.1) is 0 Å². The average Bonchev–Trinajstić information content (AvgIpc) is 3.24. The molecule has 3 rings (SSSR count). The number of hydrogen-bond donors (Lipinski definition) is 2. The molecule has 6 heteroatoms. The van der Waals surface area contributed by atoms with Gasteiger partial charge in [0.2, 0.25) is 0 Å². The first kappa shape index (κ1) is 21.2. The summed E-state index contributed by atoms with van der Waals surface area (Å²) in [6.07, 6.45) is 1.56. The highest BCUT2D eigenvalue weighted by Gasteiger charge is 2.13. The van der Waals surface area contributed by atoms with Crippen LogP contribution in [0.4, 0.5) is 5.69 Å². The van der Waals surface area contributed by atoms with Crippen molar-refractivity contribution < 1.29 is 18.7 Å². The zero-order chi connectivity index (χ0) is 21.6. The molecule has 0 aliphatic carbocycles. The molecule has 30 heavy (non-hydrogen) atoms. The summed E-state index contributed by atoms with van der Waals surface area (Å²) < 4.78 is 10.7. The van der Waals surface area contributed by atoms with Gasteiger partial charge in [0.05, 0.1) is 12.8 Å². The van der Waals surface area contributed by atoms with Gasteiger partial charge in [-0.1, -0.05) is 32.9 Å². The van der Waals surface area contributed by atoms with Crippen LogP contribution in [-0.4, -0.2) is 18.4 Å². The highest BCUT2D eigenvalue weighted by atomic mass is 16.5. The van der Waals surface area contributed by atoms with Gasteiger partial charge in [0.15, 0.2) is 6.61 Å². The number of rotatable bonds is 7. The number of nitrogens with one attached hydrogen (secondary N) is 2. The largest absolute Gasteiger partial charge is 0.484 e. The second-order valence-corrected chi connectivity index (χ2v) is 7.95. The van der Waals surface area contributed by atoms with Gasteiger partial charge in [0.1, 0.15) is 11.5 Å². The van der Waals surface area contributed by atoms with E-state index in [4.69, 9.17) is 9.15 Å². The zero-order valence-electron chi connectivity index (χ0n) is 17.4. The molecule has 2 aromatic carbocycles. The second kappa shape index (κ2) is 9.31. The van der Waals surface area contributed by atoms with Crippen LogP contribution >= 0.6 is 0 Å². The summed E-state index contributed by atoms with van der Waals surface area (Å²) in [6.45, 7) is 6.65. The Labute approximate surface area is 176 Å². The average molecular weight is 406 g/mol. The Morgan fingerprint density at radius 3 is 2.27 bits per heavy atom. The molecule has 3 aromatic rings. The maximum absolute atomic E-state index is 12.2. The van der Waals surface area contributed by atoms with Crippen LogP contribution in [0.15, 0.2) is 71.3 Å². The first-order valence-electron chi connectivity index (χ1n) is 9.75. The fourth-order valence-electron chi connectivity index (χ4n) is 2.78. The molecule has 6 nitrogen and oxygen atoms in total. The quantitative estimate of drug-likeness (QED) is 0.604. The van der Waals surface area contributed by atoms with Crippen LogP contribution in [0.25, 0.3) is 0 Å². The minimum absolute atomic E-state index is 0.0672. The van der Waals surface area contributed by atoms with E-state index >= 15 is 0 Å². The van der Waals surface area contributed by atoms with Crippen LogP contribution in [0.2, 0.25) is 0 Å². The monoisotopic (exact) mass is 406 g/mol. The third-order valence-electron chi connectivity index (χ3n) is 4.52. The lowest BCUT2D eigenvalue weighted by molar-refractivity contribution is -0.118. The molecular formula is C24H26N2O4. The summed E-state index contributed by atoms with van der Waals surface area (Å²) in [5.74, 6) is 0.832. The molecule has 0 spiro atoms. The summed E-state index contributed by atoms with van der Waals surface area (Å²) in [6, 6.07) is 18.0. The van der Waals surface area contributed by atoms with Gasteiger partial charge in [0.25, 0.3) is 11.8 Å². The van der Waals surface area contributed by atoms with Crippen LogP contribution in [0.3, 0.4) is 0 Å². The third kappa shape index (κ3) is 5.98. The standard InChI is InChI=1S/C24H26N2O4/c1-24(2,3)18-8-12-20(13-9-18)30-16-22(27)26-19-10-6-17(7-11-19)23(28)25-15-21-5-4-14-29-21/h4-14H,15-16H2,1-3H3,(H,25,28)(H,26,27). The number of amides is 2. The number of benzene rings is 2. The van der Waals surface area contributed by atoms with Crippen molar-refractivity contribution >= 4 is 17.5 Å². The lowest BCUT2D eigenvalue weighted by atomic mass is 9.87. The van der Waals surface area contributed by atoms with E-state index < -0.39 is 0 Å². The molecule has 156 valence electrons. The van der Waals surface area contributed by atoms with E-state index in [0.29, 0.717) is 29.3 Å². The molecule has 0 aliphatic rings. The van der Waals surface area contributed by atoms with Crippen LogP contribution < -0.4 is 15.4 Å². The van der Waals surface area contributed by atoms with Crippen molar-refractivity contribution in [3.05, 3.63) is 83.8 Å². The van der Waals surface area contributed by atoms with Crippen molar-refractivity contribution in [1.82, 2.24) is 5.32 Å². The van der Waals surface area contributed by atoms with E-state index in [0.717, 1.165) is 0 Å². The first-order chi connectivity index (χ1) is 14.3. The number of furan rings is 1. The summed E-state index contributed by atoms with van der Waals surface area (Å²) in [5.41, 5.74) is 2.36. The van der Waals surface area contributed by atoms with Crippen LogP contribution in [-0.2, 0) is 16.8 Å². The normalized spacial score (nSPS) is 11.0. The van der Waals surface area contributed by atoms with Crippen LogP contribution in [0, 0.1) is 0 Å². The van der Waals surface area contributed by atoms with Crippen LogP contribution in [0.5, 0.6) is 5.75 Å². The van der Waals surface area contributed by atoms with E-state index in [9.17, 15) is 9.59 Å². The molecule has 1 aromatic heterocycles. The summed E-state index contributed by atoms with van der Waals surface area (Å²) in [5, 5.41) is 5.53. The number of ether oxygens (including phenoxy) is 1. The smallest absolute Gasteiger partial charge is 0.262 e. The minimum atomic E-state index is -0.273. The van der Waals surface area contributed by atoms with Gasteiger partial charge in [-0.2, -0.15) is 0 Å². The van der Waals surface area contributed by atoms with E-state index in [-0.39, 0.29) is 23.8 Å². The molecule has 0 radical (unpaired) electrons. The van der Waals surface area contributed by atoms with Gasteiger partial charge in [-0.25, -0.2) is 0 Å². The molecule has 0 atom stereocenters. The maximum atomic E-state index is 12.2. The molecule has 2 N–H and O–H groups in total. The van der Waals surface area contributed by atoms with Crippen molar-refractivity contribution in [3.8, 4) is 5.75 Å². The maximum Gasteiger partial charge on any atom is 0.262 e. The van der Waals surface area contributed by atoms with Gasteiger partial charge < -0.3 is 19.8 Å². The predicted octanol–water partition coefficient (Wildman–Crippen LogP) is 4.52. The van der Waals surface area contributed by atoms with Crippen molar-refractivity contribution in [2.24, 2.45) is 0 Å². The molecular weight excluding hydrogens is 380 g/mol. The van der Waals surface area contributed by atoms with Crippen molar-refractivity contribution in [1.29, 1.82) is 0 Å². The SMILES string of the molecule is CC(C)(C)c1ccc(OCC(=O)Nc2ccc(C(=O)NCc3ccco3)cc2)cc1. The highest BCUT2D eigenvalue weighted by Crippen LogP contribution is 2.24. The fraction of sp³-hybridized carbons (Fsp3) is 0.250. The molecule has 1 heterocycles. The Morgan fingerprint density at radius 1 is 0.967 bits per heavy atom. The van der Waals surface area contributed by atoms with E-state index in [2.05, 4.69) is 31.4 Å². The Hall–Kier alpha value is -3.54. The predicted molar refractivity (Wildman–Crippen MR) is 116 cm³/mol. The summed E-state index contributed by atoms with van der Waals surface area (Å²) in [7, 11) is 0. The number of carbonyl (C=O) groups excluding carboxylic acids is 2. The summed E-state index contributed by atoms with van der Waals surface area (Å²) in [4.78, 5) is 24.3. The Balaban J connectivity index is 1.46. The van der Waals surface area contributed by atoms with Crippen molar-refractivity contribution in [2.45, 2.75) is 32.7 Å². The van der Waals surface area contributed by atoms with Gasteiger partial charge in [-0.05, 0) is 59.5 Å². The zero-order valence-corrected chi connectivity index (χ0v) is 17.4. The fourth-order valence-corrected chi connectivity index (χ4v) is 2.78. The molecule has 0 unspecified atom stereocenters. The van der Waals surface area contributed by atoms with Crippen molar-refractivity contribution in [2.75, 3.05) is 11.9 Å². The van der Waals surface area contributed by atoms with Crippen molar-refractivity contribution in [3.63, 3.8) is 0 Å². The molecule has 0 saturated carbocycles. The van der Waals surface area contributed by atoms with Gasteiger partial charge >= 0.3 is 0 Å². The number of anilines is 1. The van der Waals surface area contributed by atoms with Gasteiger partial charge in [-0.3, -0.25) is 9.59 Å². The molecule has 0 bridgehead atoms. The summed E-state index contributed by atoms with van der Waals surface area (Å²) >= 11 is 0.